The molecule has 0 radical (unpaired) electrons. The molecule has 3 heterocycles. The average molecular weight is 370 g/mol. The quantitative estimate of drug-likeness (QED) is 0.781. The van der Waals surface area contributed by atoms with E-state index in [9.17, 15) is 0 Å². The number of pyridine rings is 1. The van der Waals surface area contributed by atoms with Gasteiger partial charge in [-0.25, -0.2) is 4.98 Å². The van der Waals surface area contributed by atoms with Crippen LogP contribution < -0.4 is 4.74 Å². The number of likely N-dealkylation sites (tertiary alicyclic amines) is 1. The van der Waals surface area contributed by atoms with E-state index in [1.807, 2.05) is 12.1 Å². The molecule has 6 nitrogen and oxygen atoms in total. The maximum absolute atomic E-state index is 6.19. The number of hydrogen-bond acceptors (Lipinski definition) is 6. The maximum Gasteiger partial charge on any atom is 0.241 e. The molecule has 0 amide bonds. The molecular weight excluding hydrogens is 340 g/mol. The average Bonchev–Trinajstić information content (AvgIpc) is 3.10. The fourth-order valence-electron chi connectivity index (χ4n) is 4.54. The van der Waals surface area contributed by atoms with Crippen LogP contribution in [0.25, 0.3) is 11.4 Å². The molecule has 2 aliphatic rings. The van der Waals surface area contributed by atoms with E-state index in [-0.39, 0.29) is 6.10 Å². The molecule has 4 rings (SSSR count). The Bertz CT molecular complexity index is 731. The standard InChI is InChI=1S/C21H30N4O2/c1-15-11-16(2)13-25(12-15)14-19-23-20(24-27-19)18-9-6-10-22-21(18)26-17-7-4-3-5-8-17/h6,9-10,15-17H,3-5,7-8,11-14H2,1-2H3/t15-,16+. The van der Waals surface area contributed by atoms with Gasteiger partial charge < -0.3 is 9.26 Å². The van der Waals surface area contributed by atoms with Gasteiger partial charge in [0.1, 0.15) is 6.10 Å². The molecule has 1 saturated carbocycles. The molecule has 2 aromatic rings. The molecule has 0 bridgehead atoms. The Balaban J connectivity index is 1.46. The van der Waals surface area contributed by atoms with E-state index >= 15 is 0 Å². The van der Waals surface area contributed by atoms with E-state index in [0.717, 1.165) is 31.5 Å². The van der Waals surface area contributed by atoms with Gasteiger partial charge in [0.2, 0.25) is 17.6 Å². The third-order valence-corrected chi connectivity index (χ3v) is 5.61. The molecule has 0 aromatic carbocycles. The Labute approximate surface area is 161 Å². The summed E-state index contributed by atoms with van der Waals surface area (Å²) in [5, 5.41) is 4.21. The Morgan fingerprint density at radius 2 is 1.93 bits per heavy atom. The van der Waals surface area contributed by atoms with Crippen LogP contribution in [0.5, 0.6) is 5.88 Å². The Morgan fingerprint density at radius 1 is 1.15 bits per heavy atom. The van der Waals surface area contributed by atoms with Gasteiger partial charge >= 0.3 is 0 Å². The van der Waals surface area contributed by atoms with Crippen molar-refractivity contribution in [3.05, 3.63) is 24.2 Å². The summed E-state index contributed by atoms with van der Waals surface area (Å²) in [4.78, 5) is 11.5. The molecule has 0 N–H and O–H groups in total. The van der Waals surface area contributed by atoms with Gasteiger partial charge in [0, 0.05) is 19.3 Å². The van der Waals surface area contributed by atoms with Crippen LogP contribution in [0.15, 0.2) is 22.9 Å². The van der Waals surface area contributed by atoms with E-state index < -0.39 is 0 Å². The Hall–Kier alpha value is -1.95. The molecule has 2 aromatic heterocycles. The fourth-order valence-corrected chi connectivity index (χ4v) is 4.54. The summed E-state index contributed by atoms with van der Waals surface area (Å²) in [6, 6.07) is 3.86. The molecule has 146 valence electrons. The van der Waals surface area contributed by atoms with Crippen molar-refractivity contribution in [1.82, 2.24) is 20.0 Å². The summed E-state index contributed by atoms with van der Waals surface area (Å²) in [6.07, 6.45) is 9.25. The normalized spacial score (nSPS) is 24.8. The van der Waals surface area contributed by atoms with Gasteiger partial charge in [-0.05, 0) is 56.1 Å². The minimum Gasteiger partial charge on any atom is -0.474 e. The second-order valence-electron chi connectivity index (χ2n) is 8.39. The first kappa shape index (κ1) is 18.4. The smallest absolute Gasteiger partial charge is 0.241 e. The van der Waals surface area contributed by atoms with Gasteiger partial charge in [-0.15, -0.1) is 0 Å². The summed E-state index contributed by atoms with van der Waals surface area (Å²) < 4.78 is 11.7. The van der Waals surface area contributed by atoms with Crippen LogP contribution in [0, 0.1) is 11.8 Å². The zero-order valence-electron chi connectivity index (χ0n) is 16.4. The van der Waals surface area contributed by atoms with Crippen molar-refractivity contribution < 1.29 is 9.26 Å². The zero-order chi connectivity index (χ0) is 18.6. The van der Waals surface area contributed by atoms with Crippen LogP contribution in [0.3, 0.4) is 0 Å². The van der Waals surface area contributed by atoms with E-state index in [4.69, 9.17) is 9.26 Å². The van der Waals surface area contributed by atoms with Crippen LogP contribution >= 0.6 is 0 Å². The molecule has 1 saturated heterocycles. The van der Waals surface area contributed by atoms with Gasteiger partial charge in [-0.1, -0.05) is 25.4 Å². The maximum atomic E-state index is 6.19. The van der Waals surface area contributed by atoms with E-state index in [1.165, 1.54) is 25.7 Å². The second-order valence-corrected chi connectivity index (χ2v) is 8.39. The van der Waals surface area contributed by atoms with Gasteiger partial charge in [-0.2, -0.15) is 4.98 Å². The zero-order valence-corrected chi connectivity index (χ0v) is 16.4. The van der Waals surface area contributed by atoms with Crippen molar-refractivity contribution >= 4 is 0 Å². The summed E-state index contributed by atoms with van der Waals surface area (Å²) >= 11 is 0. The lowest BCUT2D eigenvalue weighted by Crippen LogP contribution is -2.38. The summed E-state index contributed by atoms with van der Waals surface area (Å²) in [5.41, 5.74) is 0.818. The van der Waals surface area contributed by atoms with Crippen molar-refractivity contribution in [3.8, 4) is 17.3 Å². The minimum absolute atomic E-state index is 0.245. The summed E-state index contributed by atoms with van der Waals surface area (Å²) in [5.74, 6) is 3.28. The predicted molar refractivity (Wildman–Crippen MR) is 103 cm³/mol. The number of ether oxygens (including phenoxy) is 1. The number of hydrogen-bond donors (Lipinski definition) is 0. The Morgan fingerprint density at radius 3 is 2.70 bits per heavy atom. The van der Waals surface area contributed by atoms with Crippen LogP contribution in [0.2, 0.25) is 0 Å². The first-order valence-corrected chi connectivity index (χ1v) is 10.3. The summed E-state index contributed by atoms with van der Waals surface area (Å²) in [7, 11) is 0. The van der Waals surface area contributed by atoms with Crippen molar-refractivity contribution in [2.45, 2.75) is 65.0 Å². The molecular formula is C21H30N4O2. The van der Waals surface area contributed by atoms with Crippen molar-refractivity contribution in [2.75, 3.05) is 13.1 Å². The first-order valence-electron chi connectivity index (χ1n) is 10.3. The van der Waals surface area contributed by atoms with Gasteiger partial charge in [0.25, 0.3) is 0 Å². The first-order chi connectivity index (χ1) is 13.2. The van der Waals surface area contributed by atoms with Crippen LogP contribution in [0.1, 0.15) is 58.3 Å². The SMILES string of the molecule is C[C@@H]1C[C@H](C)CN(Cc2nc(-c3cccnc3OC3CCCCC3)no2)C1. The van der Waals surface area contributed by atoms with Crippen molar-refractivity contribution in [2.24, 2.45) is 11.8 Å². The van der Waals surface area contributed by atoms with E-state index in [1.54, 1.807) is 6.20 Å². The molecule has 2 fully saturated rings. The third-order valence-electron chi connectivity index (χ3n) is 5.61. The van der Waals surface area contributed by atoms with Crippen LogP contribution in [-0.2, 0) is 6.54 Å². The third kappa shape index (κ3) is 4.67. The number of rotatable bonds is 5. The van der Waals surface area contributed by atoms with E-state index in [0.29, 0.717) is 36.0 Å². The molecule has 1 aliphatic heterocycles. The molecule has 27 heavy (non-hydrogen) atoms. The summed E-state index contributed by atoms with van der Waals surface area (Å²) in [6.45, 7) is 7.51. The molecule has 1 aliphatic carbocycles. The molecule has 0 spiro atoms. The number of piperidine rings is 1. The van der Waals surface area contributed by atoms with Crippen LogP contribution in [-0.4, -0.2) is 39.2 Å². The lowest BCUT2D eigenvalue weighted by molar-refractivity contribution is 0.121. The monoisotopic (exact) mass is 370 g/mol. The number of aromatic nitrogens is 3. The van der Waals surface area contributed by atoms with Crippen LogP contribution in [0.4, 0.5) is 0 Å². The largest absolute Gasteiger partial charge is 0.474 e. The van der Waals surface area contributed by atoms with E-state index in [2.05, 4.69) is 33.9 Å². The number of nitrogens with zero attached hydrogens (tertiary/aromatic N) is 4. The molecule has 0 unspecified atom stereocenters. The highest BCUT2D eigenvalue weighted by atomic mass is 16.5. The van der Waals surface area contributed by atoms with Gasteiger partial charge in [0.05, 0.1) is 12.1 Å². The topological polar surface area (TPSA) is 64.3 Å². The highest BCUT2D eigenvalue weighted by molar-refractivity contribution is 5.60. The Kier molecular flexibility index (Phi) is 5.72. The molecule has 6 heteroatoms. The van der Waals surface area contributed by atoms with Crippen molar-refractivity contribution in [3.63, 3.8) is 0 Å². The lowest BCUT2D eigenvalue weighted by atomic mass is 9.92. The highest BCUT2D eigenvalue weighted by Gasteiger charge is 2.24. The van der Waals surface area contributed by atoms with Gasteiger partial charge in [-0.3, -0.25) is 4.90 Å². The minimum atomic E-state index is 0.245. The predicted octanol–water partition coefficient (Wildman–Crippen LogP) is 4.32. The highest BCUT2D eigenvalue weighted by Crippen LogP contribution is 2.30. The fraction of sp³-hybridized carbons (Fsp3) is 0.667. The second kappa shape index (κ2) is 8.38. The molecule has 2 atom stereocenters. The van der Waals surface area contributed by atoms with Crippen molar-refractivity contribution in [1.29, 1.82) is 0 Å². The lowest BCUT2D eigenvalue weighted by Gasteiger charge is -2.33. The van der Waals surface area contributed by atoms with Gasteiger partial charge in [0.15, 0.2) is 0 Å².